The smallest absolute Gasteiger partial charge is 0.307 e. The van der Waals surface area contributed by atoms with Crippen LogP contribution in [0.2, 0.25) is 0 Å². The Bertz CT molecular complexity index is 1330. The van der Waals surface area contributed by atoms with E-state index in [0.717, 1.165) is 22.4 Å². The number of carbonyl (C=O) groups excluding carboxylic acids is 2. The number of anilines is 1. The van der Waals surface area contributed by atoms with Gasteiger partial charge in [-0.2, -0.15) is 4.98 Å². The average molecular weight is 513 g/mol. The number of rotatable bonds is 11. The van der Waals surface area contributed by atoms with Gasteiger partial charge in [-0.1, -0.05) is 61.5 Å². The lowest BCUT2D eigenvalue weighted by Crippen LogP contribution is -2.26. The molecule has 8 nitrogen and oxygen atoms in total. The SMILES string of the molecule is CCOC(=O)CCNC(=O)c1ccc(N[C@@H](c2ccc(-c3noc(-c4ccccc4)n3)cc2)C(C)C)cc1. The van der Waals surface area contributed by atoms with Crippen molar-refractivity contribution in [3.05, 3.63) is 90.0 Å². The Morgan fingerprint density at radius 1 is 0.921 bits per heavy atom. The molecule has 8 heteroatoms. The zero-order chi connectivity index (χ0) is 26.9. The molecule has 0 aliphatic heterocycles. The molecule has 0 radical (unpaired) electrons. The molecule has 0 saturated carbocycles. The van der Waals surface area contributed by atoms with E-state index in [0.29, 0.717) is 29.8 Å². The highest BCUT2D eigenvalue weighted by molar-refractivity contribution is 5.94. The number of nitrogens with one attached hydrogen (secondary N) is 2. The molecule has 1 aromatic heterocycles. The molecule has 38 heavy (non-hydrogen) atoms. The highest BCUT2D eigenvalue weighted by atomic mass is 16.5. The molecule has 196 valence electrons. The molecular formula is C30H32N4O4. The zero-order valence-electron chi connectivity index (χ0n) is 21.8. The largest absolute Gasteiger partial charge is 0.466 e. The highest BCUT2D eigenvalue weighted by Gasteiger charge is 2.17. The van der Waals surface area contributed by atoms with E-state index in [1.807, 2.05) is 54.6 Å². The van der Waals surface area contributed by atoms with Crippen molar-refractivity contribution in [2.45, 2.75) is 33.2 Å². The maximum atomic E-state index is 12.4. The lowest BCUT2D eigenvalue weighted by Gasteiger charge is -2.24. The third kappa shape index (κ3) is 6.85. The Kier molecular flexibility index (Phi) is 8.87. The second kappa shape index (κ2) is 12.7. The number of hydrogen-bond donors (Lipinski definition) is 2. The van der Waals surface area contributed by atoms with Crippen LogP contribution < -0.4 is 10.6 Å². The van der Waals surface area contributed by atoms with Crippen LogP contribution in [-0.2, 0) is 9.53 Å². The Morgan fingerprint density at radius 2 is 1.63 bits per heavy atom. The van der Waals surface area contributed by atoms with Crippen molar-refractivity contribution >= 4 is 17.6 Å². The Balaban J connectivity index is 1.38. The first-order chi connectivity index (χ1) is 18.4. The molecule has 4 aromatic rings. The third-order valence-electron chi connectivity index (χ3n) is 6.03. The van der Waals surface area contributed by atoms with Crippen LogP contribution in [0.25, 0.3) is 22.8 Å². The number of esters is 1. The number of carbonyl (C=O) groups is 2. The van der Waals surface area contributed by atoms with Crippen molar-refractivity contribution < 1.29 is 18.8 Å². The van der Waals surface area contributed by atoms with Gasteiger partial charge in [-0.25, -0.2) is 0 Å². The van der Waals surface area contributed by atoms with E-state index in [4.69, 9.17) is 9.26 Å². The van der Waals surface area contributed by atoms with Gasteiger partial charge in [-0.05, 0) is 54.8 Å². The first-order valence-corrected chi connectivity index (χ1v) is 12.7. The van der Waals surface area contributed by atoms with Crippen molar-refractivity contribution in [3.8, 4) is 22.8 Å². The summed E-state index contributed by atoms with van der Waals surface area (Å²) in [4.78, 5) is 28.3. The number of hydrogen-bond acceptors (Lipinski definition) is 7. The van der Waals surface area contributed by atoms with Crippen LogP contribution >= 0.6 is 0 Å². The number of benzene rings is 3. The molecule has 1 atom stereocenters. The molecule has 0 fully saturated rings. The van der Waals surface area contributed by atoms with Gasteiger partial charge in [0.2, 0.25) is 5.82 Å². The van der Waals surface area contributed by atoms with Gasteiger partial charge < -0.3 is 19.9 Å². The zero-order valence-corrected chi connectivity index (χ0v) is 21.8. The molecule has 0 aliphatic rings. The molecule has 0 spiro atoms. The summed E-state index contributed by atoms with van der Waals surface area (Å²) in [5, 5.41) is 10.5. The Hall–Kier alpha value is -4.46. The molecule has 2 N–H and O–H groups in total. The van der Waals surface area contributed by atoms with Gasteiger partial charge in [0.25, 0.3) is 11.8 Å². The molecule has 3 aromatic carbocycles. The van der Waals surface area contributed by atoms with E-state index in [9.17, 15) is 9.59 Å². The van der Waals surface area contributed by atoms with Crippen LogP contribution in [-0.4, -0.2) is 35.2 Å². The summed E-state index contributed by atoms with van der Waals surface area (Å²) in [5.74, 6) is 0.785. The lowest BCUT2D eigenvalue weighted by molar-refractivity contribution is -0.142. The summed E-state index contributed by atoms with van der Waals surface area (Å²) in [6.45, 7) is 6.63. The number of aromatic nitrogens is 2. The van der Waals surface area contributed by atoms with E-state index < -0.39 is 0 Å². The summed E-state index contributed by atoms with van der Waals surface area (Å²) in [5.41, 5.74) is 4.31. The second-order valence-corrected chi connectivity index (χ2v) is 9.17. The maximum absolute atomic E-state index is 12.4. The van der Waals surface area contributed by atoms with Crippen LogP contribution in [0.3, 0.4) is 0 Å². The van der Waals surface area contributed by atoms with Gasteiger partial charge >= 0.3 is 5.97 Å². The van der Waals surface area contributed by atoms with Gasteiger partial charge in [0.1, 0.15) is 0 Å². The average Bonchev–Trinajstić information content (AvgIpc) is 3.43. The Morgan fingerprint density at radius 3 is 2.29 bits per heavy atom. The van der Waals surface area contributed by atoms with Gasteiger partial charge in [0.15, 0.2) is 0 Å². The molecule has 0 saturated heterocycles. The van der Waals surface area contributed by atoms with Crippen molar-refractivity contribution in [2.75, 3.05) is 18.5 Å². The highest BCUT2D eigenvalue weighted by Crippen LogP contribution is 2.29. The summed E-state index contributed by atoms with van der Waals surface area (Å²) in [6.07, 6.45) is 0.148. The van der Waals surface area contributed by atoms with Crippen molar-refractivity contribution in [2.24, 2.45) is 5.92 Å². The molecule has 1 heterocycles. The summed E-state index contributed by atoms with van der Waals surface area (Å²) < 4.78 is 10.3. The second-order valence-electron chi connectivity index (χ2n) is 9.17. The Labute approximate surface area is 222 Å². The third-order valence-corrected chi connectivity index (χ3v) is 6.03. The van der Waals surface area contributed by atoms with E-state index in [2.05, 4.69) is 46.8 Å². The van der Waals surface area contributed by atoms with E-state index in [1.54, 1.807) is 19.1 Å². The van der Waals surface area contributed by atoms with Crippen molar-refractivity contribution in [3.63, 3.8) is 0 Å². The monoisotopic (exact) mass is 512 g/mol. The fourth-order valence-corrected chi connectivity index (χ4v) is 4.02. The van der Waals surface area contributed by atoms with Crippen LogP contribution in [0.1, 0.15) is 49.2 Å². The van der Waals surface area contributed by atoms with E-state index >= 15 is 0 Å². The predicted octanol–water partition coefficient (Wildman–Crippen LogP) is 5.90. The van der Waals surface area contributed by atoms with E-state index in [-0.39, 0.29) is 30.9 Å². The van der Waals surface area contributed by atoms with Crippen LogP contribution in [0.15, 0.2) is 83.4 Å². The number of ether oxygens (including phenoxy) is 1. The van der Waals surface area contributed by atoms with Gasteiger partial charge in [-0.3, -0.25) is 9.59 Å². The van der Waals surface area contributed by atoms with Crippen molar-refractivity contribution in [1.29, 1.82) is 0 Å². The van der Waals surface area contributed by atoms with Crippen molar-refractivity contribution in [1.82, 2.24) is 15.5 Å². The molecule has 4 rings (SSSR count). The van der Waals surface area contributed by atoms with Gasteiger partial charge in [-0.15, -0.1) is 0 Å². The fraction of sp³-hybridized carbons (Fsp3) is 0.267. The molecule has 0 aliphatic carbocycles. The van der Waals surface area contributed by atoms with E-state index in [1.165, 1.54) is 0 Å². The minimum Gasteiger partial charge on any atom is -0.466 e. The topological polar surface area (TPSA) is 106 Å². The molecule has 0 bridgehead atoms. The lowest BCUT2D eigenvalue weighted by atomic mass is 9.94. The van der Waals surface area contributed by atoms with Crippen LogP contribution in [0, 0.1) is 5.92 Å². The summed E-state index contributed by atoms with van der Waals surface area (Å²) in [7, 11) is 0. The fourth-order valence-electron chi connectivity index (χ4n) is 4.02. The molecule has 0 unspecified atom stereocenters. The minimum atomic E-state index is -0.325. The summed E-state index contributed by atoms with van der Waals surface area (Å²) >= 11 is 0. The molecular weight excluding hydrogens is 480 g/mol. The number of amides is 1. The standard InChI is InChI=1S/C30H32N4O4/c1-4-37-26(35)18-19-31-29(36)23-14-16-25(17-15-23)32-27(20(2)3)21-10-12-22(13-11-21)28-33-30(38-34-28)24-8-6-5-7-9-24/h5-17,20,27,32H,4,18-19H2,1-3H3,(H,31,36)/t27-/m1/s1. The minimum absolute atomic E-state index is 0.0541. The predicted molar refractivity (Wildman–Crippen MR) is 146 cm³/mol. The van der Waals surface area contributed by atoms with Gasteiger partial charge in [0, 0.05) is 28.9 Å². The normalized spacial score (nSPS) is 11.7. The van der Waals surface area contributed by atoms with Crippen LogP contribution in [0.4, 0.5) is 5.69 Å². The maximum Gasteiger partial charge on any atom is 0.307 e. The first kappa shape index (κ1) is 26.6. The first-order valence-electron chi connectivity index (χ1n) is 12.7. The van der Waals surface area contributed by atoms with Gasteiger partial charge in [0.05, 0.1) is 19.1 Å². The van der Waals surface area contributed by atoms with Crippen LogP contribution in [0.5, 0.6) is 0 Å². The summed E-state index contributed by atoms with van der Waals surface area (Å²) in [6, 6.07) is 25.2. The number of nitrogens with zero attached hydrogens (tertiary/aromatic N) is 2. The molecule has 1 amide bonds. The quantitative estimate of drug-likeness (QED) is 0.241.